The molecule has 1 amide bonds. The van der Waals surface area contributed by atoms with Crippen molar-refractivity contribution in [1.29, 1.82) is 0 Å². The summed E-state index contributed by atoms with van der Waals surface area (Å²) in [5, 5.41) is 11.3. The Kier molecular flexibility index (Phi) is 7.28. The summed E-state index contributed by atoms with van der Waals surface area (Å²) < 4.78 is 16.0. The van der Waals surface area contributed by atoms with Crippen molar-refractivity contribution in [1.82, 2.24) is 9.80 Å². The van der Waals surface area contributed by atoms with Gasteiger partial charge in [-0.05, 0) is 62.5 Å². The lowest BCUT2D eigenvalue weighted by atomic mass is 9.93. The highest BCUT2D eigenvalue weighted by atomic mass is 16.5. The maximum absolute atomic E-state index is 13.2. The number of benzene rings is 2. The van der Waals surface area contributed by atoms with E-state index in [1.165, 1.54) is 19.1 Å². The van der Waals surface area contributed by atoms with Crippen LogP contribution in [0.15, 0.2) is 42.0 Å². The summed E-state index contributed by atoms with van der Waals surface area (Å²) in [6.07, 6.45) is 0. The highest BCUT2D eigenvalue weighted by Crippen LogP contribution is 2.42. The van der Waals surface area contributed by atoms with Crippen LogP contribution in [0.4, 0.5) is 0 Å². The summed E-state index contributed by atoms with van der Waals surface area (Å²) in [6.45, 7) is 2.68. The zero-order valence-electron chi connectivity index (χ0n) is 19.8. The van der Waals surface area contributed by atoms with E-state index in [9.17, 15) is 14.7 Å². The number of amides is 1. The molecular formula is C25H30N2O6. The molecule has 0 saturated carbocycles. The van der Waals surface area contributed by atoms with Crippen LogP contribution in [0.5, 0.6) is 17.2 Å². The molecule has 8 nitrogen and oxygen atoms in total. The van der Waals surface area contributed by atoms with Crippen LogP contribution < -0.4 is 14.2 Å². The summed E-state index contributed by atoms with van der Waals surface area (Å²) in [4.78, 5) is 29.6. The second kappa shape index (κ2) is 9.95. The number of Topliss-reactive ketones (excluding diaryl/α,β-unsaturated/α-hetero) is 1. The fourth-order valence-electron chi connectivity index (χ4n) is 3.96. The molecular weight excluding hydrogens is 424 g/mol. The Morgan fingerprint density at radius 2 is 1.70 bits per heavy atom. The average molecular weight is 455 g/mol. The Morgan fingerprint density at radius 1 is 1.00 bits per heavy atom. The topological polar surface area (TPSA) is 88.5 Å². The van der Waals surface area contributed by atoms with E-state index in [1.54, 1.807) is 43.5 Å². The van der Waals surface area contributed by atoms with Crippen LogP contribution in [-0.2, 0) is 9.59 Å². The summed E-state index contributed by atoms with van der Waals surface area (Å²) in [5.41, 5.74) is 1.86. The summed E-state index contributed by atoms with van der Waals surface area (Å²) in [7, 11) is 8.39. The largest absolute Gasteiger partial charge is 0.507 e. The standard InChI is InChI=1S/C25H30N2O6/c1-15-13-17(31-4)8-9-18(15)23(28)21-22(16-7-10-19(32-5)20(14-16)33-6)27(12-11-26(2)3)25(30)24(21)29/h7-10,13-14,22,28H,11-12H2,1-6H3/t22-/m1/s1. The number of methoxy groups -OCH3 is 3. The molecule has 1 saturated heterocycles. The van der Waals surface area contributed by atoms with Gasteiger partial charge in [0, 0.05) is 18.7 Å². The first kappa shape index (κ1) is 24.1. The number of aryl methyl sites for hydroxylation is 1. The number of carbonyl (C=O) groups excluding carboxylic acids is 2. The number of likely N-dealkylation sites (tertiary alicyclic amines) is 1. The first-order valence-electron chi connectivity index (χ1n) is 10.5. The van der Waals surface area contributed by atoms with Crippen LogP contribution in [0, 0.1) is 6.92 Å². The van der Waals surface area contributed by atoms with Gasteiger partial charge in [0.15, 0.2) is 11.5 Å². The zero-order valence-corrected chi connectivity index (χ0v) is 19.8. The lowest BCUT2D eigenvalue weighted by molar-refractivity contribution is -0.140. The molecule has 33 heavy (non-hydrogen) atoms. The van der Waals surface area contributed by atoms with Crippen LogP contribution in [0.2, 0.25) is 0 Å². The lowest BCUT2D eigenvalue weighted by Gasteiger charge is -2.27. The van der Waals surface area contributed by atoms with Crippen LogP contribution in [0.25, 0.3) is 5.76 Å². The fourth-order valence-corrected chi connectivity index (χ4v) is 3.96. The first-order valence-corrected chi connectivity index (χ1v) is 10.5. The maximum Gasteiger partial charge on any atom is 0.295 e. The van der Waals surface area contributed by atoms with Gasteiger partial charge in [-0.25, -0.2) is 0 Å². The second-order valence-electron chi connectivity index (χ2n) is 8.09. The monoisotopic (exact) mass is 454 g/mol. The van der Waals surface area contributed by atoms with Crippen molar-refractivity contribution < 1.29 is 28.9 Å². The molecule has 2 aromatic rings. The Hall–Kier alpha value is -3.52. The number of hydrogen-bond acceptors (Lipinski definition) is 7. The quantitative estimate of drug-likeness (QED) is 0.373. The van der Waals surface area contributed by atoms with Gasteiger partial charge in [0.1, 0.15) is 11.5 Å². The Bertz CT molecular complexity index is 1090. The van der Waals surface area contributed by atoms with E-state index in [0.717, 1.165) is 5.56 Å². The molecule has 1 aliphatic rings. The first-order chi connectivity index (χ1) is 15.7. The van der Waals surface area contributed by atoms with E-state index in [0.29, 0.717) is 41.5 Å². The minimum Gasteiger partial charge on any atom is -0.507 e. The van der Waals surface area contributed by atoms with Crippen LogP contribution in [0.1, 0.15) is 22.7 Å². The number of aliphatic hydroxyl groups is 1. The molecule has 3 rings (SSSR count). The molecule has 0 aliphatic carbocycles. The van der Waals surface area contributed by atoms with Crippen molar-refractivity contribution in [3.05, 3.63) is 58.7 Å². The Morgan fingerprint density at radius 3 is 2.27 bits per heavy atom. The smallest absolute Gasteiger partial charge is 0.295 e. The summed E-state index contributed by atoms with van der Waals surface area (Å²) in [5.74, 6) is 0.0319. The molecule has 1 heterocycles. The Labute approximate surface area is 194 Å². The molecule has 1 atom stereocenters. The van der Waals surface area contributed by atoms with E-state index in [-0.39, 0.29) is 11.3 Å². The molecule has 2 aromatic carbocycles. The van der Waals surface area contributed by atoms with Crippen molar-refractivity contribution in [3.63, 3.8) is 0 Å². The number of aliphatic hydroxyl groups excluding tert-OH is 1. The van der Waals surface area contributed by atoms with Gasteiger partial charge in [-0.3, -0.25) is 9.59 Å². The molecule has 0 radical (unpaired) electrons. The highest BCUT2D eigenvalue weighted by molar-refractivity contribution is 6.46. The van der Waals surface area contributed by atoms with E-state index in [4.69, 9.17) is 14.2 Å². The van der Waals surface area contributed by atoms with Crippen molar-refractivity contribution in [2.45, 2.75) is 13.0 Å². The van der Waals surface area contributed by atoms with Crippen LogP contribution in [0.3, 0.4) is 0 Å². The van der Waals surface area contributed by atoms with Gasteiger partial charge in [0.05, 0.1) is 32.9 Å². The van der Waals surface area contributed by atoms with Gasteiger partial charge >= 0.3 is 0 Å². The van der Waals surface area contributed by atoms with E-state index in [1.807, 2.05) is 25.9 Å². The molecule has 8 heteroatoms. The van der Waals surface area contributed by atoms with Gasteiger partial charge in [0.2, 0.25) is 0 Å². The van der Waals surface area contributed by atoms with E-state index >= 15 is 0 Å². The van der Waals surface area contributed by atoms with E-state index < -0.39 is 17.7 Å². The molecule has 1 aliphatic heterocycles. The molecule has 0 unspecified atom stereocenters. The SMILES string of the molecule is COc1ccc(C(O)=C2C(=O)C(=O)N(CCN(C)C)[C@@H]2c2ccc(OC)c(OC)c2)c(C)c1. The molecule has 0 spiro atoms. The number of likely N-dealkylation sites (N-methyl/N-ethyl adjacent to an activating group) is 1. The van der Waals surface area contributed by atoms with Gasteiger partial charge in [-0.1, -0.05) is 6.07 Å². The maximum atomic E-state index is 13.2. The number of nitrogens with zero attached hydrogens (tertiary/aromatic N) is 2. The number of hydrogen-bond donors (Lipinski definition) is 1. The number of rotatable bonds is 8. The minimum absolute atomic E-state index is 0.0410. The number of ketones is 1. The number of ether oxygens (including phenoxy) is 3. The zero-order chi connectivity index (χ0) is 24.3. The lowest BCUT2D eigenvalue weighted by Crippen LogP contribution is -2.35. The fraction of sp³-hybridized carbons (Fsp3) is 0.360. The van der Waals surface area contributed by atoms with Gasteiger partial charge in [-0.15, -0.1) is 0 Å². The summed E-state index contributed by atoms with van der Waals surface area (Å²) >= 11 is 0. The summed E-state index contributed by atoms with van der Waals surface area (Å²) in [6, 6.07) is 9.60. The number of carbonyl (C=O) groups is 2. The average Bonchev–Trinajstić information content (AvgIpc) is 3.06. The molecule has 1 fully saturated rings. The van der Waals surface area contributed by atoms with Gasteiger partial charge in [0.25, 0.3) is 11.7 Å². The van der Waals surface area contributed by atoms with Crippen molar-refractivity contribution in [2.75, 3.05) is 48.5 Å². The van der Waals surface area contributed by atoms with Crippen LogP contribution >= 0.6 is 0 Å². The predicted octanol–water partition coefficient (Wildman–Crippen LogP) is 3.00. The highest BCUT2D eigenvalue weighted by Gasteiger charge is 2.46. The van der Waals surface area contributed by atoms with Crippen molar-refractivity contribution >= 4 is 17.4 Å². The van der Waals surface area contributed by atoms with Crippen molar-refractivity contribution in [2.24, 2.45) is 0 Å². The minimum atomic E-state index is -0.772. The third-order valence-corrected chi connectivity index (χ3v) is 5.74. The molecule has 0 bridgehead atoms. The van der Waals surface area contributed by atoms with Crippen molar-refractivity contribution in [3.8, 4) is 17.2 Å². The molecule has 176 valence electrons. The predicted molar refractivity (Wildman–Crippen MR) is 125 cm³/mol. The molecule has 0 aromatic heterocycles. The second-order valence-corrected chi connectivity index (χ2v) is 8.09. The normalized spacial score (nSPS) is 17.5. The van der Waals surface area contributed by atoms with Gasteiger partial charge < -0.3 is 29.1 Å². The molecule has 1 N–H and O–H groups in total. The third-order valence-electron chi connectivity index (χ3n) is 5.74. The third kappa shape index (κ3) is 4.66. The van der Waals surface area contributed by atoms with E-state index in [2.05, 4.69) is 0 Å². The van der Waals surface area contributed by atoms with Crippen LogP contribution in [-0.4, -0.2) is 75.1 Å². The Balaban J connectivity index is 2.21. The van der Waals surface area contributed by atoms with Gasteiger partial charge in [-0.2, -0.15) is 0 Å².